The molecule has 0 saturated heterocycles. The molecular formula is C16H18N2O3S. The van der Waals surface area contributed by atoms with E-state index < -0.39 is 12.0 Å². The number of amides is 1. The standard InChI is InChI=1S/C16H18N2O3S/c1-3-13-17-10(2)14(22-13)15(19)18-12(16(20)21)9-11-7-5-4-6-8-11/h4-8,12H,3,9H2,1-2H3,(H,18,19)(H,20,21)/t12-/m1/s1. The van der Waals surface area contributed by atoms with Crippen molar-refractivity contribution in [2.45, 2.75) is 32.7 Å². The third kappa shape index (κ3) is 3.92. The minimum absolute atomic E-state index is 0.250. The number of nitrogens with zero attached hydrogens (tertiary/aromatic N) is 1. The lowest BCUT2D eigenvalue weighted by Gasteiger charge is -2.14. The van der Waals surface area contributed by atoms with Gasteiger partial charge in [-0.2, -0.15) is 0 Å². The predicted octanol–water partition coefficient (Wildman–Crippen LogP) is 2.44. The zero-order valence-electron chi connectivity index (χ0n) is 12.5. The molecule has 116 valence electrons. The fourth-order valence-electron chi connectivity index (χ4n) is 2.09. The van der Waals surface area contributed by atoms with E-state index in [1.165, 1.54) is 11.3 Å². The number of benzene rings is 1. The van der Waals surface area contributed by atoms with Crippen LogP contribution in [0.25, 0.3) is 0 Å². The number of rotatable bonds is 6. The molecule has 2 rings (SSSR count). The maximum absolute atomic E-state index is 12.3. The van der Waals surface area contributed by atoms with E-state index in [4.69, 9.17) is 0 Å². The molecule has 0 spiro atoms. The molecular weight excluding hydrogens is 300 g/mol. The number of thiazole rings is 1. The van der Waals surface area contributed by atoms with Crippen molar-refractivity contribution in [3.8, 4) is 0 Å². The molecule has 1 amide bonds. The topological polar surface area (TPSA) is 79.3 Å². The number of carboxylic acids is 1. The Labute approximate surface area is 133 Å². The van der Waals surface area contributed by atoms with Crippen LogP contribution in [0.4, 0.5) is 0 Å². The van der Waals surface area contributed by atoms with Crippen LogP contribution < -0.4 is 5.32 Å². The van der Waals surface area contributed by atoms with Crippen LogP contribution in [-0.2, 0) is 17.6 Å². The molecule has 1 heterocycles. The summed E-state index contributed by atoms with van der Waals surface area (Å²) in [7, 11) is 0. The summed E-state index contributed by atoms with van der Waals surface area (Å²) in [5.74, 6) is -1.42. The Hall–Kier alpha value is -2.21. The molecule has 1 aromatic heterocycles. The van der Waals surface area contributed by atoms with Gasteiger partial charge in [-0.15, -0.1) is 11.3 Å². The number of hydrogen-bond donors (Lipinski definition) is 2. The van der Waals surface area contributed by atoms with Gasteiger partial charge in [0, 0.05) is 6.42 Å². The summed E-state index contributed by atoms with van der Waals surface area (Å²) in [5, 5.41) is 12.8. The van der Waals surface area contributed by atoms with Crippen LogP contribution in [-0.4, -0.2) is 28.0 Å². The first-order valence-electron chi connectivity index (χ1n) is 7.05. The number of nitrogens with one attached hydrogen (secondary N) is 1. The molecule has 1 atom stereocenters. The Bertz CT molecular complexity index is 667. The second kappa shape index (κ2) is 7.17. The van der Waals surface area contributed by atoms with Crippen molar-refractivity contribution >= 4 is 23.2 Å². The van der Waals surface area contributed by atoms with Gasteiger partial charge in [0.25, 0.3) is 5.91 Å². The van der Waals surface area contributed by atoms with Crippen molar-refractivity contribution < 1.29 is 14.7 Å². The van der Waals surface area contributed by atoms with Crippen LogP contribution in [0.2, 0.25) is 0 Å². The van der Waals surface area contributed by atoms with Gasteiger partial charge < -0.3 is 10.4 Å². The first-order chi connectivity index (χ1) is 10.5. The van der Waals surface area contributed by atoms with Gasteiger partial charge in [0.1, 0.15) is 10.9 Å². The molecule has 5 nitrogen and oxygen atoms in total. The molecule has 0 aliphatic carbocycles. The van der Waals surface area contributed by atoms with E-state index in [9.17, 15) is 14.7 Å². The molecule has 2 aromatic rings. The van der Waals surface area contributed by atoms with Crippen molar-refractivity contribution in [3.63, 3.8) is 0 Å². The Balaban J connectivity index is 2.12. The molecule has 0 radical (unpaired) electrons. The van der Waals surface area contributed by atoms with Gasteiger partial charge in [-0.25, -0.2) is 9.78 Å². The molecule has 2 N–H and O–H groups in total. The van der Waals surface area contributed by atoms with E-state index >= 15 is 0 Å². The van der Waals surface area contributed by atoms with Crippen LogP contribution in [0.3, 0.4) is 0 Å². The number of aliphatic carboxylic acids is 1. The average molecular weight is 318 g/mol. The smallest absolute Gasteiger partial charge is 0.326 e. The summed E-state index contributed by atoms with van der Waals surface area (Å²) < 4.78 is 0. The quantitative estimate of drug-likeness (QED) is 0.857. The fraction of sp³-hybridized carbons (Fsp3) is 0.312. The number of carbonyl (C=O) groups is 2. The maximum atomic E-state index is 12.3. The zero-order chi connectivity index (χ0) is 16.1. The van der Waals surface area contributed by atoms with Gasteiger partial charge in [0.15, 0.2) is 0 Å². The van der Waals surface area contributed by atoms with Gasteiger partial charge in [-0.3, -0.25) is 4.79 Å². The van der Waals surface area contributed by atoms with Gasteiger partial charge >= 0.3 is 5.97 Å². The van der Waals surface area contributed by atoms with E-state index in [1.807, 2.05) is 37.3 Å². The molecule has 0 fully saturated rings. The van der Waals surface area contributed by atoms with Crippen molar-refractivity contribution in [2.75, 3.05) is 0 Å². The summed E-state index contributed by atoms with van der Waals surface area (Å²) >= 11 is 1.31. The van der Waals surface area contributed by atoms with Gasteiger partial charge in [0.05, 0.1) is 10.7 Å². The van der Waals surface area contributed by atoms with Gasteiger partial charge in [-0.1, -0.05) is 37.3 Å². The van der Waals surface area contributed by atoms with Crippen molar-refractivity contribution in [1.82, 2.24) is 10.3 Å². The third-order valence-electron chi connectivity index (χ3n) is 3.24. The molecule has 6 heteroatoms. The van der Waals surface area contributed by atoms with Crippen LogP contribution in [0.5, 0.6) is 0 Å². The van der Waals surface area contributed by atoms with E-state index in [-0.39, 0.29) is 12.3 Å². The summed E-state index contributed by atoms with van der Waals surface area (Å²) in [5.41, 5.74) is 1.51. The lowest BCUT2D eigenvalue weighted by atomic mass is 10.1. The van der Waals surface area contributed by atoms with Crippen molar-refractivity contribution in [2.24, 2.45) is 0 Å². The number of carbonyl (C=O) groups excluding carboxylic acids is 1. The van der Waals surface area contributed by atoms with E-state index in [1.54, 1.807) is 6.92 Å². The van der Waals surface area contributed by atoms with Crippen molar-refractivity contribution in [1.29, 1.82) is 0 Å². The van der Waals surface area contributed by atoms with E-state index in [2.05, 4.69) is 10.3 Å². The van der Waals surface area contributed by atoms with Crippen LogP contribution >= 0.6 is 11.3 Å². The number of aryl methyl sites for hydroxylation is 2. The SMILES string of the molecule is CCc1nc(C)c(C(=O)N[C@H](Cc2ccccc2)C(=O)O)s1. The highest BCUT2D eigenvalue weighted by Crippen LogP contribution is 2.18. The Morgan fingerprint density at radius 1 is 1.32 bits per heavy atom. The van der Waals surface area contributed by atoms with Crippen molar-refractivity contribution in [3.05, 3.63) is 51.5 Å². The normalized spacial score (nSPS) is 11.9. The Morgan fingerprint density at radius 3 is 2.55 bits per heavy atom. The number of hydrogen-bond acceptors (Lipinski definition) is 4. The summed E-state index contributed by atoms with van der Waals surface area (Å²) in [6.07, 6.45) is 1.01. The minimum Gasteiger partial charge on any atom is -0.480 e. The Kier molecular flexibility index (Phi) is 5.27. The zero-order valence-corrected chi connectivity index (χ0v) is 13.3. The molecule has 0 bridgehead atoms. The summed E-state index contributed by atoms with van der Waals surface area (Å²) in [6, 6.07) is 8.28. The lowest BCUT2D eigenvalue weighted by molar-refractivity contribution is -0.139. The van der Waals surface area contributed by atoms with E-state index in [0.29, 0.717) is 10.6 Å². The first kappa shape index (κ1) is 16.2. The average Bonchev–Trinajstić information content (AvgIpc) is 2.88. The molecule has 0 unspecified atom stereocenters. The highest BCUT2D eigenvalue weighted by atomic mass is 32.1. The van der Waals surface area contributed by atoms with Crippen LogP contribution in [0.1, 0.15) is 32.9 Å². The largest absolute Gasteiger partial charge is 0.480 e. The number of aromatic nitrogens is 1. The molecule has 22 heavy (non-hydrogen) atoms. The minimum atomic E-state index is -1.05. The summed E-state index contributed by atoms with van der Waals surface area (Å²) in [4.78, 5) is 28.5. The monoisotopic (exact) mass is 318 g/mol. The second-order valence-corrected chi connectivity index (χ2v) is 6.01. The van der Waals surface area contributed by atoms with E-state index in [0.717, 1.165) is 17.0 Å². The first-order valence-corrected chi connectivity index (χ1v) is 7.86. The van der Waals surface area contributed by atoms with Crippen LogP contribution in [0.15, 0.2) is 30.3 Å². The fourth-order valence-corrected chi connectivity index (χ4v) is 3.00. The lowest BCUT2D eigenvalue weighted by Crippen LogP contribution is -2.42. The highest BCUT2D eigenvalue weighted by Gasteiger charge is 2.23. The maximum Gasteiger partial charge on any atom is 0.326 e. The third-order valence-corrected chi connectivity index (χ3v) is 4.54. The van der Waals surface area contributed by atoms with Gasteiger partial charge in [-0.05, 0) is 18.9 Å². The molecule has 1 aromatic carbocycles. The Morgan fingerprint density at radius 2 is 2.00 bits per heavy atom. The number of carboxylic acid groups (broad SMARTS) is 1. The molecule has 0 aliphatic heterocycles. The molecule has 0 aliphatic rings. The van der Waals surface area contributed by atoms with Crippen LogP contribution in [0, 0.1) is 6.92 Å². The second-order valence-electron chi connectivity index (χ2n) is 4.93. The highest BCUT2D eigenvalue weighted by molar-refractivity contribution is 7.13. The summed E-state index contributed by atoms with van der Waals surface area (Å²) in [6.45, 7) is 3.73. The molecule has 0 saturated carbocycles. The predicted molar refractivity (Wildman–Crippen MR) is 85.3 cm³/mol. The van der Waals surface area contributed by atoms with Gasteiger partial charge in [0.2, 0.25) is 0 Å².